The highest BCUT2D eigenvalue weighted by molar-refractivity contribution is 7.12. The van der Waals surface area contributed by atoms with Crippen LogP contribution in [0, 0.1) is 5.51 Å². The van der Waals surface area contributed by atoms with Crippen molar-refractivity contribution in [3.05, 3.63) is 34.8 Å². The van der Waals surface area contributed by atoms with Crippen LogP contribution in [-0.4, -0.2) is 10.2 Å². The van der Waals surface area contributed by atoms with E-state index in [1.807, 2.05) is 24.3 Å². The maximum Gasteiger partial charge on any atom is 0.178 e. The molecular weight excluding hydrogens is 192 g/mol. The summed E-state index contributed by atoms with van der Waals surface area (Å²) in [6.45, 7) is 0. The Labute approximate surface area is 78.8 Å². The highest BCUT2D eigenvalue weighted by atomic mass is 35.5. The molecule has 4 heteroatoms. The van der Waals surface area contributed by atoms with E-state index in [0.29, 0.717) is 5.02 Å². The molecule has 0 saturated heterocycles. The minimum Gasteiger partial charge on any atom is -0.138 e. The smallest absolute Gasteiger partial charge is 0.138 e. The molecule has 0 atom stereocenters. The van der Waals surface area contributed by atoms with Gasteiger partial charge in [-0.15, -0.1) is 10.2 Å². The molecule has 0 fully saturated rings. The number of benzene rings is 1. The minimum atomic E-state index is 0.711. The molecule has 0 unspecified atom stereocenters. The number of nitrogens with zero attached hydrogens (tertiary/aromatic N) is 2. The number of halogens is 1. The number of aromatic nitrogens is 2. The molecule has 0 bridgehead atoms. The van der Waals surface area contributed by atoms with Crippen LogP contribution < -0.4 is 0 Å². The average molecular weight is 196 g/mol. The predicted molar refractivity (Wildman–Crippen MR) is 49.2 cm³/mol. The van der Waals surface area contributed by atoms with Gasteiger partial charge in [0.1, 0.15) is 5.01 Å². The maximum atomic E-state index is 5.81. The maximum absolute atomic E-state index is 5.81. The lowest BCUT2D eigenvalue weighted by Crippen LogP contribution is -1.75. The van der Waals surface area contributed by atoms with Crippen molar-refractivity contribution in [2.45, 2.75) is 0 Å². The third kappa shape index (κ3) is 1.47. The molecule has 12 heavy (non-hydrogen) atoms. The van der Waals surface area contributed by atoms with Crippen LogP contribution >= 0.6 is 22.9 Å². The van der Waals surface area contributed by atoms with Gasteiger partial charge in [-0.2, -0.15) is 0 Å². The number of hydrogen-bond acceptors (Lipinski definition) is 3. The van der Waals surface area contributed by atoms with E-state index in [4.69, 9.17) is 11.6 Å². The van der Waals surface area contributed by atoms with Crippen LogP contribution in [0.15, 0.2) is 24.3 Å². The molecule has 1 aromatic heterocycles. The molecule has 1 radical (unpaired) electrons. The molecule has 2 aromatic rings. The van der Waals surface area contributed by atoms with Crippen molar-refractivity contribution < 1.29 is 0 Å². The summed E-state index contributed by atoms with van der Waals surface area (Å²) in [7, 11) is 0. The second-order valence-electron chi connectivity index (χ2n) is 2.21. The normalized spacial score (nSPS) is 10.1. The second-order valence-corrected chi connectivity index (χ2v) is 3.42. The Bertz CT molecular complexity index is 372. The van der Waals surface area contributed by atoms with E-state index in [9.17, 15) is 0 Å². The van der Waals surface area contributed by atoms with Crippen molar-refractivity contribution in [3.63, 3.8) is 0 Å². The summed E-state index contributed by atoms with van der Waals surface area (Å²) in [5.74, 6) is 0. The van der Waals surface area contributed by atoms with E-state index >= 15 is 0 Å². The zero-order valence-corrected chi connectivity index (χ0v) is 7.56. The van der Waals surface area contributed by atoms with Gasteiger partial charge in [0, 0.05) is 10.6 Å². The molecule has 59 valence electrons. The number of hydrogen-bond donors (Lipinski definition) is 0. The first-order chi connectivity index (χ1) is 5.86. The summed E-state index contributed by atoms with van der Waals surface area (Å²) in [5, 5.41) is 9.07. The molecule has 0 aliphatic heterocycles. The lowest BCUT2D eigenvalue weighted by atomic mass is 10.2. The summed E-state index contributed by atoms with van der Waals surface area (Å²) in [6.07, 6.45) is 0. The van der Waals surface area contributed by atoms with Crippen LogP contribution in [0.2, 0.25) is 5.02 Å². The summed E-state index contributed by atoms with van der Waals surface area (Å²) in [6, 6.07) is 7.52. The molecule has 0 spiro atoms. The predicted octanol–water partition coefficient (Wildman–Crippen LogP) is 2.66. The first-order valence-corrected chi connectivity index (χ1v) is 4.51. The van der Waals surface area contributed by atoms with Gasteiger partial charge in [-0.1, -0.05) is 35.1 Å². The fraction of sp³-hybridized carbons (Fsp3) is 0. The van der Waals surface area contributed by atoms with Gasteiger partial charge < -0.3 is 0 Å². The van der Waals surface area contributed by atoms with E-state index in [2.05, 4.69) is 15.7 Å². The molecule has 0 N–H and O–H groups in total. The van der Waals surface area contributed by atoms with E-state index in [-0.39, 0.29) is 0 Å². The Morgan fingerprint density at radius 3 is 3.00 bits per heavy atom. The zero-order valence-electron chi connectivity index (χ0n) is 5.99. The van der Waals surface area contributed by atoms with Gasteiger partial charge in [0.15, 0.2) is 5.51 Å². The van der Waals surface area contributed by atoms with Gasteiger partial charge in [-0.05, 0) is 12.1 Å². The highest BCUT2D eigenvalue weighted by Gasteiger charge is 2.00. The largest absolute Gasteiger partial charge is 0.178 e. The summed E-state index contributed by atoms with van der Waals surface area (Å²) in [5.41, 5.74) is 3.67. The van der Waals surface area contributed by atoms with Crippen molar-refractivity contribution in [1.29, 1.82) is 0 Å². The Kier molecular flexibility index (Phi) is 2.06. The second kappa shape index (κ2) is 3.21. The SMILES string of the molecule is Clc1cccc(-c2nn[c]s2)c1. The van der Waals surface area contributed by atoms with Crippen molar-refractivity contribution in [1.82, 2.24) is 10.2 Å². The third-order valence-electron chi connectivity index (χ3n) is 1.40. The van der Waals surface area contributed by atoms with Crippen molar-refractivity contribution in [2.24, 2.45) is 0 Å². The fourth-order valence-corrected chi connectivity index (χ4v) is 1.57. The molecule has 2 rings (SSSR count). The quantitative estimate of drug-likeness (QED) is 0.699. The molecule has 1 aromatic carbocycles. The molecule has 0 amide bonds. The van der Waals surface area contributed by atoms with Crippen molar-refractivity contribution in [3.8, 4) is 10.6 Å². The Hall–Kier alpha value is -0.930. The van der Waals surface area contributed by atoms with Crippen LogP contribution in [0.1, 0.15) is 0 Å². The van der Waals surface area contributed by atoms with E-state index < -0.39 is 0 Å². The van der Waals surface area contributed by atoms with Gasteiger partial charge in [0.2, 0.25) is 0 Å². The summed E-state index contributed by atoms with van der Waals surface area (Å²) < 4.78 is 0. The van der Waals surface area contributed by atoms with Crippen LogP contribution in [0.5, 0.6) is 0 Å². The van der Waals surface area contributed by atoms with Crippen LogP contribution in [0.25, 0.3) is 10.6 Å². The molecular formula is C8H4ClN2S. The topological polar surface area (TPSA) is 25.8 Å². The third-order valence-corrected chi connectivity index (χ3v) is 2.31. The van der Waals surface area contributed by atoms with Gasteiger partial charge in [0.25, 0.3) is 0 Å². The van der Waals surface area contributed by atoms with Crippen molar-refractivity contribution in [2.75, 3.05) is 0 Å². The Morgan fingerprint density at radius 1 is 1.42 bits per heavy atom. The molecule has 0 aliphatic carbocycles. The first-order valence-electron chi connectivity index (χ1n) is 3.32. The number of rotatable bonds is 1. The molecule has 0 aliphatic rings. The fourth-order valence-electron chi connectivity index (χ4n) is 0.888. The van der Waals surface area contributed by atoms with Crippen LogP contribution in [0.3, 0.4) is 0 Å². The average Bonchev–Trinajstić information content (AvgIpc) is 2.56. The van der Waals surface area contributed by atoms with Gasteiger partial charge >= 0.3 is 0 Å². The standard InChI is InChI=1S/C8H4ClN2S/c9-7-3-1-2-6(4-7)8-11-10-5-12-8/h1-4H. The zero-order chi connectivity index (χ0) is 8.39. The van der Waals surface area contributed by atoms with Crippen LogP contribution in [-0.2, 0) is 0 Å². The monoisotopic (exact) mass is 195 g/mol. The van der Waals surface area contributed by atoms with Gasteiger partial charge in [0.05, 0.1) is 0 Å². The summed E-state index contributed by atoms with van der Waals surface area (Å²) in [4.78, 5) is 0. The van der Waals surface area contributed by atoms with Crippen molar-refractivity contribution >= 4 is 22.9 Å². The van der Waals surface area contributed by atoms with E-state index in [1.165, 1.54) is 11.3 Å². The first kappa shape index (κ1) is 7.71. The lowest BCUT2D eigenvalue weighted by molar-refractivity contribution is 1.09. The molecule has 2 nitrogen and oxygen atoms in total. The van der Waals surface area contributed by atoms with E-state index in [1.54, 1.807) is 0 Å². The van der Waals surface area contributed by atoms with Gasteiger partial charge in [-0.3, -0.25) is 0 Å². The van der Waals surface area contributed by atoms with E-state index in [0.717, 1.165) is 10.6 Å². The molecule has 1 heterocycles. The lowest BCUT2D eigenvalue weighted by Gasteiger charge is -1.93. The Morgan fingerprint density at radius 2 is 2.33 bits per heavy atom. The van der Waals surface area contributed by atoms with Gasteiger partial charge in [-0.25, -0.2) is 0 Å². The highest BCUT2D eigenvalue weighted by Crippen LogP contribution is 2.22. The Balaban J connectivity index is 2.48. The molecule has 0 saturated carbocycles. The minimum absolute atomic E-state index is 0.711. The summed E-state index contributed by atoms with van der Waals surface area (Å²) >= 11 is 7.19. The van der Waals surface area contributed by atoms with Crippen LogP contribution in [0.4, 0.5) is 0 Å².